The zero-order chi connectivity index (χ0) is 13.4. The lowest BCUT2D eigenvalue weighted by Crippen LogP contribution is -2.17. The first kappa shape index (κ1) is 12.3. The molecular formula is C14H16N4S. The van der Waals surface area contributed by atoms with Crippen LogP contribution in [0, 0.1) is 6.92 Å². The van der Waals surface area contributed by atoms with Gasteiger partial charge < -0.3 is 10.3 Å². The average Bonchev–Trinajstić information content (AvgIpc) is 3.03. The van der Waals surface area contributed by atoms with Crippen LogP contribution in [0.3, 0.4) is 0 Å². The molecule has 19 heavy (non-hydrogen) atoms. The first-order chi connectivity index (χ1) is 9.20. The summed E-state index contributed by atoms with van der Waals surface area (Å²) in [4.78, 5) is 10.4. The number of hydrogen-bond donors (Lipinski definition) is 1. The number of imidazole rings is 1. The summed E-state index contributed by atoms with van der Waals surface area (Å²) in [6.45, 7) is 4.70. The second kappa shape index (κ2) is 4.75. The molecule has 0 saturated carbocycles. The lowest BCUT2D eigenvalue weighted by molar-refractivity contribution is 0.575. The average molecular weight is 272 g/mol. The molecule has 0 fully saturated rings. The number of thiophene rings is 1. The van der Waals surface area contributed by atoms with Crippen LogP contribution in [0.1, 0.15) is 18.5 Å². The van der Waals surface area contributed by atoms with Gasteiger partial charge in [-0.15, -0.1) is 11.3 Å². The molecule has 4 nitrogen and oxygen atoms in total. The fraction of sp³-hybridized carbons (Fsp3) is 0.286. The molecular weight excluding hydrogens is 256 g/mol. The number of fused-ring (bicyclic) bond motifs is 1. The quantitative estimate of drug-likeness (QED) is 0.797. The number of hydrogen-bond acceptors (Lipinski definition) is 4. The van der Waals surface area contributed by atoms with E-state index in [1.165, 1.54) is 0 Å². The topological polar surface area (TPSA) is 56.7 Å². The van der Waals surface area contributed by atoms with Crippen molar-refractivity contribution in [3.63, 3.8) is 0 Å². The van der Waals surface area contributed by atoms with Crippen molar-refractivity contribution < 1.29 is 0 Å². The van der Waals surface area contributed by atoms with Crippen molar-refractivity contribution >= 4 is 22.5 Å². The van der Waals surface area contributed by atoms with E-state index in [2.05, 4.69) is 34.0 Å². The Kier molecular flexibility index (Phi) is 3.08. The van der Waals surface area contributed by atoms with Crippen molar-refractivity contribution in [2.75, 3.05) is 6.54 Å². The van der Waals surface area contributed by atoms with Crippen LogP contribution in [0.15, 0.2) is 29.8 Å². The zero-order valence-electron chi connectivity index (χ0n) is 11.0. The maximum Gasteiger partial charge on any atom is 0.160 e. The molecule has 0 bridgehead atoms. The lowest BCUT2D eigenvalue weighted by atomic mass is 10.3. The monoisotopic (exact) mass is 272 g/mol. The molecule has 1 unspecified atom stereocenters. The van der Waals surface area contributed by atoms with Crippen LogP contribution >= 0.6 is 11.3 Å². The Bertz CT molecular complexity index is 700. The predicted octanol–water partition coefficient (Wildman–Crippen LogP) is 2.99. The Balaban J connectivity index is 2.31. The van der Waals surface area contributed by atoms with Gasteiger partial charge in [0, 0.05) is 18.8 Å². The van der Waals surface area contributed by atoms with Crippen LogP contribution in [0.25, 0.3) is 21.9 Å². The fourth-order valence-electron chi connectivity index (χ4n) is 2.19. The van der Waals surface area contributed by atoms with Crippen molar-refractivity contribution in [3.05, 3.63) is 35.3 Å². The maximum atomic E-state index is 5.83. The van der Waals surface area contributed by atoms with E-state index in [1.807, 2.05) is 19.2 Å². The Morgan fingerprint density at radius 1 is 1.47 bits per heavy atom. The number of pyridine rings is 1. The molecule has 0 saturated heterocycles. The number of nitrogens with zero attached hydrogens (tertiary/aromatic N) is 3. The normalized spacial score (nSPS) is 13.0. The van der Waals surface area contributed by atoms with Crippen molar-refractivity contribution in [1.29, 1.82) is 0 Å². The van der Waals surface area contributed by atoms with Crippen molar-refractivity contribution in [2.45, 2.75) is 19.9 Å². The third-order valence-corrected chi connectivity index (χ3v) is 4.06. The summed E-state index contributed by atoms with van der Waals surface area (Å²) in [5.74, 6) is 0.959. The summed E-state index contributed by atoms with van der Waals surface area (Å²) < 4.78 is 2.14. The summed E-state index contributed by atoms with van der Waals surface area (Å²) in [5.41, 5.74) is 8.80. The number of nitrogens with two attached hydrogens (primary N) is 1. The highest BCUT2D eigenvalue weighted by atomic mass is 32.1. The van der Waals surface area contributed by atoms with Crippen molar-refractivity contribution in [2.24, 2.45) is 5.73 Å². The van der Waals surface area contributed by atoms with Gasteiger partial charge in [-0.05, 0) is 36.9 Å². The van der Waals surface area contributed by atoms with Crippen LogP contribution in [0.4, 0.5) is 0 Å². The summed E-state index contributed by atoms with van der Waals surface area (Å²) in [6, 6.07) is 6.37. The summed E-state index contributed by atoms with van der Waals surface area (Å²) in [6.07, 6.45) is 1.88. The third-order valence-electron chi connectivity index (χ3n) is 3.19. The Morgan fingerprint density at radius 3 is 3.00 bits per heavy atom. The molecule has 0 aliphatic rings. The number of rotatable bonds is 3. The molecule has 0 aliphatic heterocycles. The molecule has 0 aliphatic carbocycles. The molecule has 3 rings (SSSR count). The summed E-state index contributed by atoms with van der Waals surface area (Å²) >= 11 is 1.69. The molecule has 0 radical (unpaired) electrons. The minimum Gasteiger partial charge on any atom is -0.328 e. The van der Waals surface area contributed by atoms with E-state index in [4.69, 9.17) is 10.7 Å². The minimum atomic E-state index is 0.178. The van der Waals surface area contributed by atoms with Crippen LogP contribution < -0.4 is 5.73 Å². The van der Waals surface area contributed by atoms with E-state index in [9.17, 15) is 0 Å². The van der Waals surface area contributed by atoms with E-state index in [-0.39, 0.29) is 6.04 Å². The Morgan fingerprint density at radius 2 is 2.32 bits per heavy atom. The third kappa shape index (κ3) is 2.05. The van der Waals surface area contributed by atoms with Crippen LogP contribution in [-0.4, -0.2) is 21.1 Å². The first-order valence-electron chi connectivity index (χ1n) is 6.29. The minimum absolute atomic E-state index is 0.178. The largest absolute Gasteiger partial charge is 0.328 e. The maximum absolute atomic E-state index is 5.83. The number of aryl methyl sites for hydroxylation is 1. The van der Waals surface area contributed by atoms with E-state index < -0.39 is 0 Å². The van der Waals surface area contributed by atoms with Gasteiger partial charge in [-0.3, -0.25) is 0 Å². The van der Waals surface area contributed by atoms with E-state index in [0.29, 0.717) is 6.54 Å². The highest BCUT2D eigenvalue weighted by Gasteiger charge is 2.18. The van der Waals surface area contributed by atoms with Crippen molar-refractivity contribution in [1.82, 2.24) is 14.5 Å². The molecule has 98 valence electrons. The summed E-state index contributed by atoms with van der Waals surface area (Å²) in [7, 11) is 0. The molecule has 3 aromatic heterocycles. The molecule has 0 amide bonds. The van der Waals surface area contributed by atoms with Gasteiger partial charge in [0.2, 0.25) is 0 Å². The molecule has 3 aromatic rings. The molecule has 3 heterocycles. The van der Waals surface area contributed by atoms with E-state index in [0.717, 1.165) is 27.4 Å². The fourth-order valence-corrected chi connectivity index (χ4v) is 2.90. The molecule has 0 spiro atoms. The van der Waals surface area contributed by atoms with Gasteiger partial charge in [-0.25, -0.2) is 9.97 Å². The predicted molar refractivity (Wildman–Crippen MR) is 79.3 cm³/mol. The SMILES string of the molecule is Cc1cnc2c(c1)nc(-c1cccs1)n2C(C)CN. The van der Waals surface area contributed by atoms with Gasteiger partial charge in [0.05, 0.1) is 4.88 Å². The second-order valence-corrected chi connectivity index (χ2v) is 5.67. The van der Waals surface area contributed by atoms with Crippen LogP contribution in [0.5, 0.6) is 0 Å². The molecule has 5 heteroatoms. The number of aromatic nitrogens is 3. The van der Waals surface area contributed by atoms with Gasteiger partial charge in [0.1, 0.15) is 5.52 Å². The second-order valence-electron chi connectivity index (χ2n) is 4.72. The van der Waals surface area contributed by atoms with Crippen LogP contribution in [0.2, 0.25) is 0 Å². The smallest absolute Gasteiger partial charge is 0.160 e. The van der Waals surface area contributed by atoms with Gasteiger partial charge >= 0.3 is 0 Å². The first-order valence-corrected chi connectivity index (χ1v) is 7.17. The van der Waals surface area contributed by atoms with Gasteiger partial charge in [-0.2, -0.15) is 0 Å². The van der Waals surface area contributed by atoms with Gasteiger partial charge in [0.25, 0.3) is 0 Å². The molecule has 2 N–H and O–H groups in total. The van der Waals surface area contributed by atoms with Crippen molar-refractivity contribution in [3.8, 4) is 10.7 Å². The molecule has 0 aromatic carbocycles. The Labute approximate surface area is 115 Å². The lowest BCUT2D eigenvalue weighted by Gasteiger charge is -2.14. The Hall–Kier alpha value is -1.72. The van der Waals surface area contributed by atoms with Crippen LogP contribution in [-0.2, 0) is 0 Å². The van der Waals surface area contributed by atoms with E-state index >= 15 is 0 Å². The molecule has 1 atom stereocenters. The highest BCUT2D eigenvalue weighted by Crippen LogP contribution is 2.30. The van der Waals surface area contributed by atoms with Gasteiger partial charge in [-0.1, -0.05) is 6.07 Å². The van der Waals surface area contributed by atoms with Gasteiger partial charge in [0.15, 0.2) is 11.5 Å². The standard InChI is InChI=1S/C14H16N4S/c1-9-6-11-13(16-8-9)18(10(2)7-15)14(17-11)12-4-3-5-19-12/h3-6,8,10H,7,15H2,1-2H3. The zero-order valence-corrected chi connectivity index (χ0v) is 11.8. The highest BCUT2D eigenvalue weighted by molar-refractivity contribution is 7.13. The van der Waals surface area contributed by atoms with E-state index in [1.54, 1.807) is 11.3 Å². The summed E-state index contributed by atoms with van der Waals surface area (Å²) in [5, 5.41) is 2.06.